The molecule has 24 heavy (non-hydrogen) atoms. The molecular formula is C17H29ClIN5. The Balaban J connectivity index is 0.00000288. The van der Waals surface area contributed by atoms with Gasteiger partial charge in [-0.05, 0) is 24.2 Å². The zero-order valence-corrected chi connectivity index (χ0v) is 17.7. The zero-order chi connectivity index (χ0) is 16.5. The monoisotopic (exact) mass is 465 g/mol. The minimum absolute atomic E-state index is 0. The lowest BCUT2D eigenvalue weighted by Gasteiger charge is -2.34. The molecule has 0 spiro atoms. The van der Waals surface area contributed by atoms with E-state index in [1.807, 2.05) is 24.3 Å². The maximum atomic E-state index is 5.90. The average molecular weight is 466 g/mol. The summed E-state index contributed by atoms with van der Waals surface area (Å²) in [6, 6.07) is 7.86. The van der Waals surface area contributed by atoms with Crippen molar-refractivity contribution in [1.82, 2.24) is 20.4 Å². The van der Waals surface area contributed by atoms with Crippen LogP contribution in [0.5, 0.6) is 0 Å². The minimum atomic E-state index is 0. The van der Waals surface area contributed by atoms with Crippen LogP contribution in [0.2, 0.25) is 5.02 Å². The molecule has 0 aromatic heterocycles. The number of aliphatic imine (C=N–C) groups is 1. The molecule has 0 amide bonds. The van der Waals surface area contributed by atoms with E-state index in [0.717, 1.165) is 50.3 Å². The standard InChI is InChI=1S/C17H28ClN5.HI/c1-3-22-10-12-23(13-11-22)9-8-20-17(19-2)21-14-15-4-6-16(18)7-5-15;/h4-7H,3,8-14H2,1-2H3,(H2,19,20,21);1H. The van der Waals surface area contributed by atoms with Gasteiger partial charge in [0.25, 0.3) is 0 Å². The van der Waals surface area contributed by atoms with Gasteiger partial charge in [0.1, 0.15) is 0 Å². The van der Waals surface area contributed by atoms with Gasteiger partial charge in [0.2, 0.25) is 0 Å². The van der Waals surface area contributed by atoms with Crippen molar-refractivity contribution in [3.8, 4) is 0 Å². The van der Waals surface area contributed by atoms with Gasteiger partial charge >= 0.3 is 0 Å². The molecule has 0 atom stereocenters. The molecule has 0 radical (unpaired) electrons. The van der Waals surface area contributed by atoms with Crippen LogP contribution in [0.4, 0.5) is 0 Å². The first-order valence-electron chi connectivity index (χ1n) is 8.35. The predicted octanol–water partition coefficient (Wildman–Crippen LogP) is 2.26. The number of hydrogen-bond donors (Lipinski definition) is 2. The summed E-state index contributed by atoms with van der Waals surface area (Å²) in [5, 5.41) is 7.47. The molecule has 2 rings (SSSR count). The molecule has 1 aromatic rings. The van der Waals surface area contributed by atoms with Gasteiger partial charge < -0.3 is 15.5 Å². The van der Waals surface area contributed by atoms with Crippen LogP contribution in [0.25, 0.3) is 0 Å². The van der Waals surface area contributed by atoms with E-state index in [9.17, 15) is 0 Å². The van der Waals surface area contributed by atoms with Gasteiger partial charge in [-0.25, -0.2) is 0 Å². The van der Waals surface area contributed by atoms with Crippen molar-refractivity contribution in [2.45, 2.75) is 13.5 Å². The second-order valence-corrected chi connectivity index (χ2v) is 6.19. The summed E-state index contributed by atoms with van der Waals surface area (Å²) in [4.78, 5) is 9.27. The summed E-state index contributed by atoms with van der Waals surface area (Å²) in [6.07, 6.45) is 0. The van der Waals surface area contributed by atoms with Crippen molar-refractivity contribution in [3.05, 3.63) is 34.9 Å². The molecule has 0 saturated carbocycles. The topological polar surface area (TPSA) is 42.9 Å². The van der Waals surface area contributed by atoms with Crippen molar-refractivity contribution < 1.29 is 0 Å². The number of guanidine groups is 1. The van der Waals surface area contributed by atoms with Crippen LogP contribution in [0.15, 0.2) is 29.3 Å². The van der Waals surface area contributed by atoms with Crippen LogP contribution >= 0.6 is 35.6 Å². The van der Waals surface area contributed by atoms with Crippen LogP contribution in [0.1, 0.15) is 12.5 Å². The lowest BCUT2D eigenvalue weighted by atomic mass is 10.2. The Morgan fingerprint density at radius 3 is 2.29 bits per heavy atom. The fraction of sp³-hybridized carbons (Fsp3) is 0.588. The second-order valence-electron chi connectivity index (χ2n) is 5.75. The van der Waals surface area contributed by atoms with E-state index in [1.165, 1.54) is 18.7 Å². The van der Waals surface area contributed by atoms with E-state index in [0.29, 0.717) is 0 Å². The van der Waals surface area contributed by atoms with Gasteiger partial charge in [0.15, 0.2) is 5.96 Å². The number of halogens is 2. The third-order valence-electron chi connectivity index (χ3n) is 4.23. The lowest BCUT2D eigenvalue weighted by molar-refractivity contribution is 0.139. The third kappa shape index (κ3) is 7.55. The molecule has 7 heteroatoms. The van der Waals surface area contributed by atoms with Crippen LogP contribution in [0, 0.1) is 0 Å². The normalized spacial score (nSPS) is 16.5. The smallest absolute Gasteiger partial charge is 0.191 e. The number of nitrogens with zero attached hydrogens (tertiary/aromatic N) is 3. The molecule has 5 nitrogen and oxygen atoms in total. The van der Waals surface area contributed by atoms with E-state index < -0.39 is 0 Å². The molecule has 2 N–H and O–H groups in total. The van der Waals surface area contributed by atoms with Gasteiger partial charge in [-0.1, -0.05) is 30.7 Å². The van der Waals surface area contributed by atoms with Crippen LogP contribution in [-0.4, -0.2) is 68.6 Å². The SMILES string of the molecule is CCN1CCN(CCNC(=NC)NCc2ccc(Cl)cc2)CC1.I. The second kappa shape index (κ2) is 11.9. The van der Waals surface area contributed by atoms with Crippen LogP contribution in [-0.2, 0) is 6.54 Å². The molecular weight excluding hydrogens is 437 g/mol. The van der Waals surface area contributed by atoms with Crippen molar-refractivity contribution in [3.63, 3.8) is 0 Å². The van der Waals surface area contributed by atoms with E-state index in [4.69, 9.17) is 11.6 Å². The third-order valence-corrected chi connectivity index (χ3v) is 4.48. The van der Waals surface area contributed by atoms with Gasteiger partial charge in [0.05, 0.1) is 0 Å². The van der Waals surface area contributed by atoms with Crippen LogP contribution < -0.4 is 10.6 Å². The van der Waals surface area contributed by atoms with Gasteiger partial charge in [0, 0.05) is 57.9 Å². The fourth-order valence-electron chi connectivity index (χ4n) is 2.67. The molecule has 1 aliphatic rings. The first kappa shape index (κ1) is 21.5. The summed E-state index contributed by atoms with van der Waals surface area (Å²) in [5.74, 6) is 0.840. The quantitative estimate of drug-likeness (QED) is 0.384. The van der Waals surface area contributed by atoms with E-state index in [-0.39, 0.29) is 24.0 Å². The summed E-state index contributed by atoms with van der Waals surface area (Å²) >= 11 is 5.90. The van der Waals surface area contributed by atoms with Crippen molar-refractivity contribution in [2.24, 2.45) is 4.99 Å². The lowest BCUT2D eigenvalue weighted by Crippen LogP contribution is -2.49. The molecule has 1 aliphatic heterocycles. The molecule has 136 valence electrons. The molecule has 0 bridgehead atoms. The highest BCUT2D eigenvalue weighted by Gasteiger charge is 2.14. The largest absolute Gasteiger partial charge is 0.355 e. The fourth-order valence-corrected chi connectivity index (χ4v) is 2.80. The predicted molar refractivity (Wildman–Crippen MR) is 114 cm³/mol. The molecule has 1 saturated heterocycles. The Labute approximate surface area is 167 Å². The minimum Gasteiger partial charge on any atom is -0.355 e. The van der Waals surface area contributed by atoms with E-state index in [1.54, 1.807) is 7.05 Å². The van der Waals surface area contributed by atoms with Crippen molar-refractivity contribution in [2.75, 3.05) is 52.9 Å². The summed E-state index contributed by atoms with van der Waals surface area (Å²) in [7, 11) is 1.80. The number of rotatable bonds is 6. The van der Waals surface area contributed by atoms with E-state index in [2.05, 4.69) is 32.3 Å². The Morgan fingerprint density at radius 1 is 1.08 bits per heavy atom. The van der Waals surface area contributed by atoms with Crippen molar-refractivity contribution in [1.29, 1.82) is 0 Å². The van der Waals surface area contributed by atoms with Gasteiger partial charge in [-0.2, -0.15) is 0 Å². The maximum Gasteiger partial charge on any atom is 0.191 e. The Kier molecular flexibility index (Phi) is 10.6. The first-order chi connectivity index (χ1) is 11.2. The highest BCUT2D eigenvalue weighted by molar-refractivity contribution is 14.0. The molecule has 0 unspecified atom stereocenters. The summed E-state index contributed by atoms with van der Waals surface area (Å²) < 4.78 is 0. The zero-order valence-electron chi connectivity index (χ0n) is 14.6. The molecule has 1 heterocycles. The number of benzene rings is 1. The Bertz CT molecular complexity index is 486. The summed E-state index contributed by atoms with van der Waals surface area (Å²) in [6.45, 7) is 10.8. The summed E-state index contributed by atoms with van der Waals surface area (Å²) in [5.41, 5.74) is 1.19. The first-order valence-corrected chi connectivity index (χ1v) is 8.72. The average Bonchev–Trinajstić information content (AvgIpc) is 2.60. The Hall–Kier alpha value is -0.570. The number of likely N-dealkylation sites (N-methyl/N-ethyl adjacent to an activating group) is 1. The number of piperazine rings is 1. The maximum absolute atomic E-state index is 5.90. The van der Waals surface area contributed by atoms with Gasteiger partial charge in [-0.15, -0.1) is 24.0 Å². The number of hydrogen-bond acceptors (Lipinski definition) is 3. The molecule has 0 aliphatic carbocycles. The van der Waals surface area contributed by atoms with Crippen molar-refractivity contribution >= 4 is 41.5 Å². The molecule has 1 fully saturated rings. The van der Waals surface area contributed by atoms with E-state index >= 15 is 0 Å². The highest BCUT2D eigenvalue weighted by Crippen LogP contribution is 2.09. The van der Waals surface area contributed by atoms with Gasteiger partial charge in [-0.3, -0.25) is 9.89 Å². The number of nitrogens with one attached hydrogen (secondary N) is 2. The molecule has 1 aromatic carbocycles. The Morgan fingerprint density at radius 2 is 1.71 bits per heavy atom. The van der Waals surface area contributed by atoms with Crippen LogP contribution in [0.3, 0.4) is 0 Å². The highest BCUT2D eigenvalue weighted by atomic mass is 127.